The van der Waals surface area contributed by atoms with E-state index >= 15 is 0 Å². The van der Waals surface area contributed by atoms with E-state index < -0.39 is 0 Å². The highest BCUT2D eigenvalue weighted by atomic mass is 16.3. The van der Waals surface area contributed by atoms with Crippen LogP contribution in [0, 0.1) is 6.92 Å². The van der Waals surface area contributed by atoms with Gasteiger partial charge in [0.05, 0.1) is 5.56 Å². The Kier molecular flexibility index (Phi) is 3.67. The van der Waals surface area contributed by atoms with E-state index in [9.17, 15) is 9.90 Å². The number of aromatic hydroxyl groups is 1. The molecule has 0 aliphatic carbocycles. The third kappa shape index (κ3) is 2.60. The molecule has 3 nitrogen and oxygen atoms in total. The molecule has 1 aliphatic rings. The summed E-state index contributed by atoms with van der Waals surface area (Å²) in [6, 6.07) is 5.34. The Morgan fingerprint density at radius 2 is 1.82 bits per heavy atom. The molecule has 1 N–H and O–H groups in total. The highest BCUT2D eigenvalue weighted by molar-refractivity contribution is 5.97. The smallest absolute Gasteiger partial charge is 0.257 e. The van der Waals surface area contributed by atoms with Crippen LogP contribution in [0.3, 0.4) is 0 Å². The van der Waals surface area contributed by atoms with Crippen LogP contribution in [-0.4, -0.2) is 29.0 Å². The Hall–Kier alpha value is -1.51. The lowest BCUT2D eigenvalue weighted by molar-refractivity contribution is 0.0758. The van der Waals surface area contributed by atoms with Crippen LogP contribution in [0.4, 0.5) is 0 Å². The van der Waals surface area contributed by atoms with E-state index in [4.69, 9.17) is 0 Å². The Labute approximate surface area is 102 Å². The first-order valence-electron chi connectivity index (χ1n) is 6.28. The number of benzene rings is 1. The average molecular weight is 233 g/mol. The minimum atomic E-state index is -0.0342. The molecule has 0 radical (unpaired) electrons. The van der Waals surface area contributed by atoms with E-state index in [-0.39, 0.29) is 11.7 Å². The van der Waals surface area contributed by atoms with Gasteiger partial charge >= 0.3 is 0 Å². The van der Waals surface area contributed by atoms with Crippen LogP contribution in [0.5, 0.6) is 5.75 Å². The Morgan fingerprint density at radius 1 is 1.18 bits per heavy atom. The van der Waals surface area contributed by atoms with Crippen LogP contribution in [0.1, 0.15) is 41.6 Å². The van der Waals surface area contributed by atoms with Crippen molar-refractivity contribution in [3.8, 4) is 5.75 Å². The summed E-state index contributed by atoms with van der Waals surface area (Å²) in [6.07, 6.45) is 4.53. The molecule has 92 valence electrons. The van der Waals surface area contributed by atoms with Crippen LogP contribution in [-0.2, 0) is 0 Å². The predicted octanol–water partition coefficient (Wildman–Crippen LogP) is 2.72. The van der Waals surface area contributed by atoms with Gasteiger partial charge in [-0.1, -0.05) is 25.0 Å². The minimum absolute atomic E-state index is 0.0342. The molecule has 0 aromatic heterocycles. The zero-order chi connectivity index (χ0) is 12.3. The third-order valence-electron chi connectivity index (χ3n) is 3.36. The summed E-state index contributed by atoms with van der Waals surface area (Å²) in [5.41, 5.74) is 1.19. The van der Waals surface area contributed by atoms with Crippen molar-refractivity contribution < 1.29 is 9.90 Å². The van der Waals surface area contributed by atoms with Crippen molar-refractivity contribution in [2.24, 2.45) is 0 Å². The topological polar surface area (TPSA) is 40.5 Å². The van der Waals surface area contributed by atoms with E-state index in [1.165, 1.54) is 12.8 Å². The number of rotatable bonds is 1. The lowest BCUT2D eigenvalue weighted by Crippen LogP contribution is -2.31. The summed E-state index contributed by atoms with van der Waals surface area (Å²) in [5.74, 6) is 0.0925. The molecule has 0 atom stereocenters. The molecular weight excluding hydrogens is 214 g/mol. The largest absolute Gasteiger partial charge is 0.507 e. The molecule has 17 heavy (non-hydrogen) atoms. The van der Waals surface area contributed by atoms with Crippen LogP contribution >= 0.6 is 0 Å². The molecule has 1 aliphatic heterocycles. The van der Waals surface area contributed by atoms with Gasteiger partial charge < -0.3 is 10.0 Å². The molecule has 1 aromatic rings. The standard InChI is InChI=1S/C14H19NO2/c1-11-7-6-8-12(13(11)16)14(17)15-9-4-2-3-5-10-15/h6-8,16H,2-5,9-10H2,1H3. The number of nitrogens with zero attached hydrogens (tertiary/aromatic N) is 1. The quantitative estimate of drug-likeness (QED) is 0.810. The van der Waals surface area contributed by atoms with Crippen LogP contribution in [0.25, 0.3) is 0 Å². The summed E-state index contributed by atoms with van der Waals surface area (Å²) >= 11 is 0. The maximum absolute atomic E-state index is 12.3. The molecular formula is C14H19NO2. The van der Waals surface area contributed by atoms with E-state index in [1.807, 2.05) is 24.0 Å². The monoisotopic (exact) mass is 233 g/mol. The zero-order valence-corrected chi connectivity index (χ0v) is 10.3. The molecule has 1 heterocycles. The number of carbonyl (C=O) groups is 1. The van der Waals surface area contributed by atoms with Gasteiger partial charge in [0.1, 0.15) is 5.75 Å². The van der Waals surface area contributed by atoms with E-state index in [2.05, 4.69) is 0 Å². The molecule has 0 spiro atoms. The normalized spacial score (nSPS) is 16.6. The molecule has 0 unspecified atom stereocenters. The number of hydrogen-bond donors (Lipinski definition) is 1. The third-order valence-corrected chi connectivity index (χ3v) is 3.36. The van der Waals surface area contributed by atoms with Gasteiger partial charge in [0.25, 0.3) is 5.91 Å². The van der Waals surface area contributed by atoms with Crippen LogP contribution in [0.2, 0.25) is 0 Å². The van der Waals surface area contributed by atoms with Gasteiger partial charge in [0.15, 0.2) is 0 Å². The van der Waals surface area contributed by atoms with E-state index in [0.29, 0.717) is 5.56 Å². The van der Waals surface area contributed by atoms with E-state index in [0.717, 1.165) is 31.5 Å². The molecule has 1 aromatic carbocycles. The number of likely N-dealkylation sites (tertiary alicyclic amines) is 1. The fourth-order valence-electron chi connectivity index (χ4n) is 2.28. The maximum Gasteiger partial charge on any atom is 0.257 e. The van der Waals surface area contributed by atoms with Crippen molar-refractivity contribution in [1.82, 2.24) is 4.90 Å². The highest BCUT2D eigenvalue weighted by Crippen LogP contribution is 2.24. The van der Waals surface area contributed by atoms with Gasteiger partial charge in [0.2, 0.25) is 0 Å². The Morgan fingerprint density at radius 3 is 2.47 bits per heavy atom. The van der Waals surface area contributed by atoms with Gasteiger partial charge in [0, 0.05) is 13.1 Å². The molecule has 2 rings (SSSR count). The van der Waals surface area contributed by atoms with Crippen molar-refractivity contribution in [3.63, 3.8) is 0 Å². The Balaban J connectivity index is 2.20. The number of aryl methyl sites for hydroxylation is 1. The second kappa shape index (κ2) is 5.21. The Bertz CT molecular complexity index is 407. The fourth-order valence-corrected chi connectivity index (χ4v) is 2.28. The lowest BCUT2D eigenvalue weighted by atomic mass is 10.1. The van der Waals surface area contributed by atoms with Gasteiger partial charge in [-0.05, 0) is 31.4 Å². The molecule has 1 amide bonds. The SMILES string of the molecule is Cc1cccc(C(=O)N2CCCCCC2)c1O. The molecule has 1 fully saturated rings. The molecule has 3 heteroatoms. The second-order valence-corrected chi connectivity index (χ2v) is 4.68. The summed E-state index contributed by atoms with van der Waals surface area (Å²) in [4.78, 5) is 14.2. The number of hydrogen-bond acceptors (Lipinski definition) is 2. The number of para-hydroxylation sites is 1. The number of phenolic OH excluding ortho intramolecular Hbond substituents is 1. The number of phenols is 1. The second-order valence-electron chi connectivity index (χ2n) is 4.68. The lowest BCUT2D eigenvalue weighted by Gasteiger charge is -2.21. The van der Waals surface area contributed by atoms with Crippen LogP contribution < -0.4 is 0 Å². The number of carbonyl (C=O) groups excluding carboxylic acids is 1. The van der Waals surface area contributed by atoms with Gasteiger partial charge in [-0.15, -0.1) is 0 Å². The first-order chi connectivity index (χ1) is 8.20. The van der Waals surface area contributed by atoms with Gasteiger partial charge in [-0.3, -0.25) is 4.79 Å². The fraction of sp³-hybridized carbons (Fsp3) is 0.500. The zero-order valence-electron chi connectivity index (χ0n) is 10.3. The van der Waals surface area contributed by atoms with Gasteiger partial charge in [-0.25, -0.2) is 0 Å². The van der Waals surface area contributed by atoms with E-state index in [1.54, 1.807) is 6.07 Å². The highest BCUT2D eigenvalue weighted by Gasteiger charge is 2.20. The van der Waals surface area contributed by atoms with Crippen molar-refractivity contribution in [2.75, 3.05) is 13.1 Å². The first kappa shape index (κ1) is 12.0. The molecule has 0 bridgehead atoms. The number of amides is 1. The van der Waals surface area contributed by atoms with Crippen molar-refractivity contribution in [3.05, 3.63) is 29.3 Å². The first-order valence-corrected chi connectivity index (χ1v) is 6.28. The van der Waals surface area contributed by atoms with Crippen molar-refractivity contribution >= 4 is 5.91 Å². The van der Waals surface area contributed by atoms with Crippen LogP contribution in [0.15, 0.2) is 18.2 Å². The molecule has 1 saturated heterocycles. The molecule has 0 saturated carbocycles. The summed E-state index contributed by atoms with van der Waals surface area (Å²) in [5, 5.41) is 9.92. The maximum atomic E-state index is 12.3. The van der Waals surface area contributed by atoms with Crippen molar-refractivity contribution in [2.45, 2.75) is 32.6 Å². The summed E-state index contributed by atoms with van der Waals surface area (Å²) < 4.78 is 0. The predicted molar refractivity (Wildman–Crippen MR) is 67.2 cm³/mol. The summed E-state index contributed by atoms with van der Waals surface area (Å²) in [6.45, 7) is 3.44. The van der Waals surface area contributed by atoms with Crippen molar-refractivity contribution in [1.29, 1.82) is 0 Å². The minimum Gasteiger partial charge on any atom is -0.507 e. The van der Waals surface area contributed by atoms with Gasteiger partial charge in [-0.2, -0.15) is 0 Å². The average Bonchev–Trinajstić information content (AvgIpc) is 2.60. The summed E-state index contributed by atoms with van der Waals surface area (Å²) in [7, 11) is 0.